The normalized spacial score (nSPS) is 22.8. The highest BCUT2D eigenvalue weighted by Crippen LogP contribution is 2.49. The van der Waals surface area contributed by atoms with Gasteiger partial charge in [-0.05, 0) is 36.2 Å². The largest absolute Gasteiger partial charge is 0.431 e. The molecular weight excluding hydrogens is 329 g/mol. The van der Waals surface area contributed by atoms with Crippen molar-refractivity contribution in [2.24, 2.45) is 0 Å². The number of rotatable bonds is 1. The van der Waals surface area contributed by atoms with Gasteiger partial charge in [0.1, 0.15) is 0 Å². The van der Waals surface area contributed by atoms with E-state index in [1.54, 1.807) is 42.5 Å². The first-order valence-electron chi connectivity index (χ1n) is 8.15. The predicted molar refractivity (Wildman–Crippen MR) is 88.5 cm³/mol. The fourth-order valence-electron chi connectivity index (χ4n) is 4.01. The van der Waals surface area contributed by atoms with Crippen LogP contribution in [-0.4, -0.2) is 35.7 Å². The molecule has 1 atom stereocenters. The highest BCUT2D eigenvalue weighted by molar-refractivity contribution is 5.98. The maximum Gasteiger partial charge on any atom is 0.431 e. The molecule has 2 aliphatic heterocycles. The number of halogens is 3. The van der Waals surface area contributed by atoms with Crippen molar-refractivity contribution in [2.45, 2.75) is 25.2 Å². The molecule has 25 heavy (non-hydrogen) atoms. The Kier molecular flexibility index (Phi) is 3.36. The van der Waals surface area contributed by atoms with Crippen molar-refractivity contribution in [3.8, 4) is 0 Å². The average Bonchev–Trinajstić information content (AvgIpc) is 2.96. The molecule has 0 N–H and O–H groups in total. The lowest BCUT2D eigenvalue weighted by Gasteiger charge is -2.48. The summed E-state index contributed by atoms with van der Waals surface area (Å²) in [7, 11) is 0. The maximum absolute atomic E-state index is 14.4. The van der Waals surface area contributed by atoms with Crippen LogP contribution in [0.3, 0.4) is 0 Å². The van der Waals surface area contributed by atoms with E-state index in [2.05, 4.69) is 0 Å². The molecule has 1 amide bonds. The lowest BCUT2D eigenvalue weighted by molar-refractivity contribution is -0.215. The van der Waals surface area contributed by atoms with Gasteiger partial charge in [0, 0.05) is 30.8 Å². The van der Waals surface area contributed by atoms with Crippen molar-refractivity contribution in [3.05, 3.63) is 65.2 Å². The van der Waals surface area contributed by atoms with Crippen LogP contribution in [0.15, 0.2) is 48.5 Å². The topological polar surface area (TPSA) is 23.6 Å². The van der Waals surface area contributed by atoms with Gasteiger partial charge >= 0.3 is 6.18 Å². The molecule has 0 radical (unpaired) electrons. The van der Waals surface area contributed by atoms with E-state index < -0.39 is 17.7 Å². The third kappa shape index (κ3) is 2.16. The third-order valence-corrected chi connectivity index (χ3v) is 5.14. The summed E-state index contributed by atoms with van der Waals surface area (Å²) in [6.07, 6.45) is -4.83. The number of carbonyl (C=O) groups is 1. The van der Waals surface area contributed by atoms with E-state index in [0.29, 0.717) is 16.8 Å². The standard InChI is InChI=1S/C19H17F3N2O/c1-13-5-4-7-15(11-13)23-9-10-24-17(25)16-8-3-2-6-14(16)12-18(23,24)19(20,21)22/h2-8,11H,9-10,12H2,1H3. The number of hydrogen-bond donors (Lipinski definition) is 0. The summed E-state index contributed by atoms with van der Waals surface area (Å²) in [5, 5.41) is 0. The Morgan fingerprint density at radius 1 is 1.00 bits per heavy atom. The zero-order valence-electron chi connectivity index (χ0n) is 13.7. The summed E-state index contributed by atoms with van der Waals surface area (Å²) in [5.41, 5.74) is -0.136. The van der Waals surface area contributed by atoms with Gasteiger partial charge in [-0.3, -0.25) is 4.79 Å². The lowest BCUT2D eigenvalue weighted by atomic mass is 9.87. The maximum atomic E-state index is 14.4. The molecular formula is C19H17F3N2O. The van der Waals surface area contributed by atoms with Crippen LogP contribution in [0, 0.1) is 6.92 Å². The Bertz CT molecular complexity index is 849. The number of carbonyl (C=O) groups excluding carboxylic acids is 1. The molecule has 0 spiro atoms. The molecule has 0 aliphatic carbocycles. The van der Waals surface area contributed by atoms with E-state index in [1.807, 2.05) is 13.0 Å². The number of benzene rings is 2. The van der Waals surface area contributed by atoms with Gasteiger partial charge in [0.15, 0.2) is 0 Å². The molecule has 4 rings (SSSR count). The van der Waals surface area contributed by atoms with Crippen molar-refractivity contribution in [1.82, 2.24) is 4.90 Å². The van der Waals surface area contributed by atoms with Crippen molar-refractivity contribution in [3.63, 3.8) is 0 Å². The highest BCUT2D eigenvalue weighted by atomic mass is 19.4. The van der Waals surface area contributed by atoms with Crippen LogP contribution >= 0.6 is 0 Å². The second kappa shape index (κ2) is 5.25. The molecule has 2 heterocycles. The molecule has 6 heteroatoms. The molecule has 0 aromatic heterocycles. The van der Waals surface area contributed by atoms with Crippen LogP contribution in [0.2, 0.25) is 0 Å². The Balaban J connectivity index is 1.91. The molecule has 2 aromatic carbocycles. The Labute approximate surface area is 143 Å². The van der Waals surface area contributed by atoms with E-state index in [1.165, 1.54) is 4.90 Å². The predicted octanol–water partition coefficient (Wildman–Crippen LogP) is 3.77. The molecule has 3 nitrogen and oxygen atoms in total. The van der Waals surface area contributed by atoms with E-state index in [9.17, 15) is 18.0 Å². The fraction of sp³-hybridized carbons (Fsp3) is 0.316. The first-order valence-corrected chi connectivity index (χ1v) is 8.15. The SMILES string of the molecule is Cc1cccc(N2CCN3C(=O)c4ccccc4CC32C(F)(F)F)c1. The van der Waals surface area contributed by atoms with Gasteiger partial charge in [0.05, 0.1) is 0 Å². The van der Waals surface area contributed by atoms with E-state index >= 15 is 0 Å². The number of amides is 1. The number of fused-ring (bicyclic) bond motifs is 2. The van der Waals surface area contributed by atoms with Crippen LogP contribution in [0.4, 0.5) is 18.9 Å². The molecule has 2 aromatic rings. The zero-order valence-corrected chi connectivity index (χ0v) is 13.7. The number of nitrogens with zero attached hydrogens (tertiary/aromatic N) is 2. The summed E-state index contributed by atoms with van der Waals surface area (Å²) in [6, 6.07) is 13.6. The van der Waals surface area contributed by atoms with Crippen molar-refractivity contribution in [2.75, 3.05) is 18.0 Å². The van der Waals surface area contributed by atoms with E-state index in [-0.39, 0.29) is 19.5 Å². The van der Waals surface area contributed by atoms with Gasteiger partial charge < -0.3 is 9.80 Å². The average molecular weight is 346 g/mol. The van der Waals surface area contributed by atoms with Crippen molar-refractivity contribution < 1.29 is 18.0 Å². The molecule has 1 fully saturated rings. The summed E-state index contributed by atoms with van der Waals surface area (Å²) >= 11 is 0. The number of aryl methyl sites for hydroxylation is 1. The second-order valence-corrected chi connectivity index (χ2v) is 6.60. The Morgan fingerprint density at radius 2 is 1.72 bits per heavy atom. The lowest BCUT2D eigenvalue weighted by Crippen LogP contribution is -2.68. The summed E-state index contributed by atoms with van der Waals surface area (Å²) < 4.78 is 43.1. The third-order valence-electron chi connectivity index (χ3n) is 5.14. The number of alkyl halides is 3. The highest BCUT2D eigenvalue weighted by Gasteiger charge is 2.68. The Morgan fingerprint density at radius 3 is 2.44 bits per heavy atom. The van der Waals surface area contributed by atoms with Crippen LogP contribution < -0.4 is 4.90 Å². The molecule has 2 aliphatic rings. The quantitative estimate of drug-likeness (QED) is 0.785. The van der Waals surface area contributed by atoms with Gasteiger partial charge in [0.25, 0.3) is 5.91 Å². The summed E-state index contributed by atoms with van der Waals surface area (Å²) in [4.78, 5) is 15.1. The molecule has 1 unspecified atom stereocenters. The van der Waals surface area contributed by atoms with Gasteiger partial charge in [0.2, 0.25) is 5.66 Å². The first kappa shape index (κ1) is 16.0. The minimum absolute atomic E-state index is 0.0562. The van der Waals surface area contributed by atoms with Gasteiger partial charge in [-0.2, -0.15) is 13.2 Å². The molecule has 0 bridgehead atoms. The summed E-state index contributed by atoms with van der Waals surface area (Å²) in [6.45, 7) is 2.06. The van der Waals surface area contributed by atoms with Crippen molar-refractivity contribution >= 4 is 11.6 Å². The fourth-order valence-corrected chi connectivity index (χ4v) is 4.01. The smallest absolute Gasteiger partial charge is 0.339 e. The second-order valence-electron chi connectivity index (χ2n) is 6.60. The zero-order chi connectivity index (χ0) is 17.8. The van der Waals surface area contributed by atoms with E-state index in [0.717, 1.165) is 10.5 Å². The van der Waals surface area contributed by atoms with Gasteiger partial charge in [-0.25, -0.2) is 0 Å². The first-order chi connectivity index (χ1) is 11.8. The van der Waals surface area contributed by atoms with Gasteiger partial charge in [-0.15, -0.1) is 0 Å². The molecule has 0 saturated carbocycles. The molecule has 1 saturated heterocycles. The minimum Gasteiger partial charge on any atom is -0.339 e. The number of hydrogen-bond acceptors (Lipinski definition) is 2. The van der Waals surface area contributed by atoms with Crippen LogP contribution in [0.25, 0.3) is 0 Å². The van der Waals surface area contributed by atoms with Crippen LogP contribution in [0.1, 0.15) is 21.5 Å². The Hall–Kier alpha value is -2.50. The van der Waals surface area contributed by atoms with Crippen molar-refractivity contribution in [1.29, 1.82) is 0 Å². The minimum atomic E-state index is -4.57. The van der Waals surface area contributed by atoms with Gasteiger partial charge in [-0.1, -0.05) is 30.3 Å². The number of anilines is 1. The van der Waals surface area contributed by atoms with Crippen LogP contribution in [0.5, 0.6) is 0 Å². The molecule has 130 valence electrons. The summed E-state index contributed by atoms with van der Waals surface area (Å²) in [5.74, 6) is -0.547. The van der Waals surface area contributed by atoms with E-state index in [4.69, 9.17) is 0 Å². The van der Waals surface area contributed by atoms with Crippen LogP contribution in [-0.2, 0) is 6.42 Å². The monoisotopic (exact) mass is 346 g/mol.